The molecule has 1 aromatic rings. The third-order valence-corrected chi connectivity index (χ3v) is 2.90. The van der Waals surface area contributed by atoms with Crippen LogP contribution in [0.3, 0.4) is 0 Å². The second-order valence-corrected chi connectivity index (χ2v) is 3.91. The minimum atomic E-state index is -1.10. The van der Waals surface area contributed by atoms with Crippen molar-refractivity contribution in [2.75, 3.05) is 14.2 Å². The Morgan fingerprint density at radius 2 is 2.00 bits per heavy atom. The van der Waals surface area contributed by atoms with Crippen LogP contribution in [0, 0.1) is 5.92 Å². The van der Waals surface area contributed by atoms with Crippen molar-refractivity contribution in [3.8, 4) is 11.5 Å². The molecule has 0 aromatic heterocycles. The molecule has 0 bridgehead atoms. The molecule has 5 nitrogen and oxygen atoms in total. The molecule has 2 unspecified atom stereocenters. The summed E-state index contributed by atoms with van der Waals surface area (Å²) >= 11 is 0. The van der Waals surface area contributed by atoms with Gasteiger partial charge in [-0.1, -0.05) is 6.92 Å². The first-order chi connectivity index (χ1) is 8.54. The van der Waals surface area contributed by atoms with E-state index in [1.165, 1.54) is 14.2 Å². The SMILES string of the molecule is CCC(C(=O)O)C(O)c1ccc(OC)cc1OC. The van der Waals surface area contributed by atoms with Gasteiger partial charge in [0.15, 0.2) is 0 Å². The van der Waals surface area contributed by atoms with Crippen LogP contribution in [0.4, 0.5) is 0 Å². The van der Waals surface area contributed by atoms with Crippen molar-refractivity contribution in [2.24, 2.45) is 5.92 Å². The van der Waals surface area contributed by atoms with Crippen molar-refractivity contribution < 1.29 is 24.5 Å². The molecule has 0 saturated carbocycles. The molecule has 0 fully saturated rings. The number of aliphatic hydroxyl groups excluding tert-OH is 1. The van der Waals surface area contributed by atoms with Crippen LogP contribution in [0.5, 0.6) is 11.5 Å². The Morgan fingerprint density at radius 1 is 1.33 bits per heavy atom. The van der Waals surface area contributed by atoms with E-state index in [1.54, 1.807) is 25.1 Å². The standard InChI is InChI=1S/C13H18O5/c1-4-9(13(15)16)12(14)10-6-5-8(17-2)7-11(10)18-3/h5-7,9,12,14H,4H2,1-3H3,(H,15,16). The molecule has 2 N–H and O–H groups in total. The summed E-state index contributed by atoms with van der Waals surface area (Å²) in [7, 11) is 2.99. The number of benzene rings is 1. The zero-order chi connectivity index (χ0) is 13.7. The first kappa shape index (κ1) is 14.3. The summed E-state index contributed by atoms with van der Waals surface area (Å²) in [5, 5.41) is 19.2. The van der Waals surface area contributed by atoms with Gasteiger partial charge in [-0.25, -0.2) is 0 Å². The Balaban J connectivity index is 3.11. The fraction of sp³-hybridized carbons (Fsp3) is 0.462. The van der Waals surface area contributed by atoms with E-state index in [0.29, 0.717) is 23.5 Å². The molecule has 1 rings (SSSR count). The average Bonchev–Trinajstić information content (AvgIpc) is 2.38. The molecule has 0 heterocycles. The summed E-state index contributed by atoms with van der Waals surface area (Å²) in [5.74, 6) is -0.872. The number of aliphatic hydroxyl groups is 1. The molecule has 0 saturated heterocycles. The zero-order valence-electron chi connectivity index (χ0n) is 10.7. The van der Waals surface area contributed by atoms with Crippen LogP contribution in [0.2, 0.25) is 0 Å². The van der Waals surface area contributed by atoms with E-state index in [1.807, 2.05) is 0 Å². The van der Waals surface area contributed by atoms with Crippen molar-refractivity contribution in [1.29, 1.82) is 0 Å². The number of carbonyl (C=O) groups is 1. The number of rotatable bonds is 6. The number of aliphatic carboxylic acids is 1. The first-order valence-corrected chi connectivity index (χ1v) is 5.67. The number of carboxylic acids is 1. The largest absolute Gasteiger partial charge is 0.497 e. The van der Waals surface area contributed by atoms with Gasteiger partial charge >= 0.3 is 5.97 Å². The number of carboxylic acid groups (broad SMARTS) is 1. The van der Waals surface area contributed by atoms with Crippen molar-refractivity contribution in [2.45, 2.75) is 19.4 Å². The van der Waals surface area contributed by atoms with E-state index >= 15 is 0 Å². The van der Waals surface area contributed by atoms with Crippen LogP contribution in [0.25, 0.3) is 0 Å². The van der Waals surface area contributed by atoms with Crippen molar-refractivity contribution in [3.05, 3.63) is 23.8 Å². The fourth-order valence-electron chi connectivity index (χ4n) is 1.81. The molecular formula is C13H18O5. The Kier molecular flexibility index (Phi) is 4.97. The van der Waals surface area contributed by atoms with E-state index in [2.05, 4.69) is 0 Å². The summed E-state index contributed by atoms with van der Waals surface area (Å²) in [6, 6.07) is 4.90. The second kappa shape index (κ2) is 6.26. The number of methoxy groups -OCH3 is 2. The predicted molar refractivity (Wildman–Crippen MR) is 65.9 cm³/mol. The van der Waals surface area contributed by atoms with Crippen LogP contribution in [0.15, 0.2) is 18.2 Å². The number of hydrogen-bond acceptors (Lipinski definition) is 4. The molecule has 5 heteroatoms. The van der Waals surface area contributed by atoms with Gasteiger partial charge in [-0.2, -0.15) is 0 Å². The highest BCUT2D eigenvalue weighted by Gasteiger charge is 2.28. The summed E-state index contributed by atoms with van der Waals surface area (Å²) in [4.78, 5) is 11.0. The van der Waals surface area contributed by atoms with Gasteiger partial charge in [-0.3, -0.25) is 4.79 Å². The maximum Gasteiger partial charge on any atom is 0.309 e. The molecule has 1 aromatic carbocycles. The number of ether oxygens (including phenoxy) is 2. The topological polar surface area (TPSA) is 76.0 Å². The lowest BCUT2D eigenvalue weighted by molar-refractivity contribution is -0.146. The van der Waals surface area contributed by atoms with Crippen LogP contribution in [-0.2, 0) is 4.79 Å². The lowest BCUT2D eigenvalue weighted by Gasteiger charge is -2.20. The molecular weight excluding hydrogens is 236 g/mol. The Labute approximate surface area is 106 Å². The quantitative estimate of drug-likeness (QED) is 0.810. The minimum Gasteiger partial charge on any atom is -0.497 e. The highest BCUT2D eigenvalue weighted by atomic mass is 16.5. The second-order valence-electron chi connectivity index (χ2n) is 3.91. The van der Waals surface area contributed by atoms with Crippen LogP contribution >= 0.6 is 0 Å². The van der Waals surface area contributed by atoms with Gasteiger partial charge in [0.2, 0.25) is 0 Å². The molecule has 2 atom stereocenters. The van der Waals surface area contributed by atoms with Crippen LogP contribution < -0.4 is 9.47 Å². The monoisotopic (exact) mass is 254 g/mol. The van der Waals surface area contributed by atoms with Crippen LogP contribution in [0.1, 0.15) is 25.0 Å². The summed E-state index contributed by atoms with van der Waals surface area (Å²) in [6.45, 7) is 1.72. The van der Waals surface area contributed by atoms with E-state index in [0.717, 1.165) is 0 Å². The molecule has 0 aliphatic carbocycles. The molecule has 0 aliphatic heterocycles. The summed E-state index contributed by atoms with van der Waals surface area (Å²) in [6.07, 6.45) is -0.764. The molecule has 18 heavy (non-hydrogen) atoms. The smallest absolute Gasteiger partial charge is 0.309 e. The van der Waals surface area contributed by atoms with Gasteiger partial charge in [-0.05, 0) is 18.6 Å². The maximum absolute atomic E-state index is 11.0. The first-order valence-electron chi connectivity index (χ1n) is 5.67. The van der Waals surface area contributed by atoms with E-state index in [-0.39, 0.29) is 0 Å². The lowest BCUT2D eigenvalue weighted by Crippen LogP contribution is -2.21. The maximum atomic E-state index is 11.0. The third-order valence-electron chi connectivity index (χ3n) is 2.90. The molecule has 100 valence electrons. The van der Waals surface area contributed by atoms with Crippen molar-refractivity contribution in [3.63, 3.8) is 0 Å². The van der Waals surface area contributed by atoms with Gasteiger partial charge < -0.3 is 19.7 Å². The summed E-state index contributed by atoms with van der Waals surface area (Å²) in [5.41, 5.74) is 0.451. The van der Waals surface area contributed by atoms with Gasteiger partial charge in [0, 0.05) is 11.6 Å². The van der Waals surface area contributed by atoms with E-state index in [4.69, 9.17) is 14.6 Å². The van der Waals surface area contributed by atoms with Gasteiger partial charge in [-0.15, -0.1) is 0 Å². The predicted octanol–water partition coefficient (Wildman–Crippen LogP) is 1.85. The zero-order valence-corrected chi connectivity index (χ0v) is 10.7. The van der Waals surface area contributed by atoms with Crippen molar-refractivity contribution in [1.82, 2.24) is 0 Å². The minimum absolute atomic E-state index is 0.339. The Hall–Kier alpha value is -1.75. The fourth-order valence-corrected chi connectivity index (χ4v) is 1.81. The Morgan fingerprint density at radius 3 is 2.44 bits per heavy atom. The van der Waals surface area contributed by atoms with Gasteiger partial charge in [0.05, 0.1) is 26.2 Å². The van der Waals surface area contributed by atoms with E-state index in [9.17, 15) is 9.90 Å². The van der Waals surface area contributed by atoms with Gasteiger partial charge in [0.25, 0.3) is 0 Å². The third kappa shape index (κ3) is 2.92. The Bertz CT molecular complexity index is 416. The average molecular weight is 254 g/mol. The van der Waals surface area contributed by atoms with Gasteiger partial charge in [0.1, 0.15) is 11.5 Å². The molecule has 0 radical (unpaired) electrons. The van der Waals surface area contributed by atoms with Crippen molar-refractivity contribution >= 4 is 5.97 Å². The molecule has 0 amide bonds. The normalized spacial score (nSPS) is 13.8. The molecule has 0 spiro atoms. The lowest BCUT2D eigenvalue weighted by atomic mass is 9.93. The van der Waals surface area contributed by atoms with Crippen LogP contribution in [-0.4, -0.2) is 30.4 Å². The highest BCUT2D eigenvalue weighted by molar-refractivity contribution is 5.71. The highest BCUT2D eigenvalue weighted by Crippen LogP contribution is 2.34. The number of hydrogen-bond donors (Lipinski definition) is 2. The van der Waals surface area contributed by atoms with E-state index < -0.39 is 18.0 Å². The summed E-state index contributed by atoms with van der Waals surface area (Å²) < 4.78 is 10.2. The molecule has 0 aliphatic rings.